The highest BCUT2D eigenvalue weighted by Crippen LogP contribution is 2.44. The zero-order valence-electron chi connectivity index (χ0n) is 14.2. The zero-order chi connectivity index (χ0) is 18.7. The summed E-state index contributed by atoms with van der Waals surface area (Å²) in [7, 11) is 0. The van der Waals surface area contributed by atoms with Gasteiger partial charge in [-0.1, -0.05) is 101 Å². The van der Waals surface area contributed by atoms with Gasteiger partial charge in [0.05, 0.1) is 10.3 Å². The van der Waals surface area contributed by atoms with Gasteiger partial charge in [0.1, 0.15) is 0 Å². The Kier molecular flexibility index (Phi) is 6.24. The molecule has 0 saturated carbocycles. The van der Waals surface area contributed by atoms with E-state index in [4.69, 9.17) is 34.8 Å². The molecule has 26 heavy (non-hydrogen) atoms. The number of hydrogen-bond acceptors (Lipinski definition) is 3. The van der Waals surface area contributed by atoms with Crippen LogP contribution in [0.5, 0.6) is 0 Å². The molecule has 0 bridgehead atoms. The van der Waals surface area contributed by atoms with E-state index >= 15 is 0 Å². The van der Waals surface area contributed by atoms with E-state index in [-0.39, 0.29) is 5.78 Å². The lowest BCUT2D eigenvalue weighted by atomic mass is 10.1. The maximum absolute atomic E-state index is 12.7. The summed E-state index contributed by atoms with van der Waals surface area (Å²) in [4.78, 5) is 14.9. The Hall–Kier alpha value is -1.13. The summed E-state index contributed by atoms with van der Waals surface area (Å²) in [5.74, 6) is -0.0458. The normalized spacial score (nSPS) is 19.2. The van der Waals surface area contributed by atoms with Crippen molar-refractivity contribution in [3.05, 3.63) is 82.4 Å². The van der Waals surface area contributed by atoms with Gasteiger partial charge >= 0.3 is 0 Å². The van der Waals surface area contributed by atoms with Crippen LogP contribution in [-0.2, 0) is 3.79 Å². The van der Waals surface area contributed by atoms with Crippen LogP contribution < -0.4 is 0 Å². The summed E-state index contributed by atoms with van der Waals surface area (Å²) in [6, 6.07) is 17.1. The third-order valence-corrected chi connectivity index (χ3v) is 6.24. The quantitative estimate of drug-likeness (QED) is 0.323. The minimum Gasteiger partial charge on any atom is -0.365 e. The number of likely N-dealkylation sites (N-methyl/N-ethyl adjacent to an activating group) is 1. The molecule has 1 aliphatic heterocycles. The van der Waals surface area contributed by atoms with Crippen LogP contribution in [0.15, 0.2) is 65.7 Å². The second-order valence-corrected chi connectivity index (χ2v) is 9.48. The molecule has 1 atom stereocenters. The molecule has 1 heterocycles. The number of carbonyl (C=O) groups is 1. The highest BCUT2D eigenvalue weighted by atomic mass is 35.6. The van der Waals surface area contributed by atoms with Crippen molar-refractivity contribution in [3.8, 4) is 0 Å². The Balaban J connectivity index is 1.78. The van der Waals surface area contributed by atoms with E-state index in [1.165, 1.54) is 5.56 Å². The van der Waals surface area contributed by atoms with Crippen LogP contribution >= 0.6 is 46.6 Å². The van der Waals surface area contributed by atoms with E-state index in [2.05, 4.69) is 24.0 Å². The average molecular weight is 427 g/mol. The molecule has 0 radical (unpaired) electrons. The number of hydrogen-bond donors (Lipinski definition) is 0. The summed E-state index contributed by atoms with van der Waals surface area (Å²) in [5, 5.41) is 1.33. The van der Waals surface area contributed by atoms with Gasteiger partial charge in [0, 0.05) is 30.3 Å². The van der Waals surface area contributed by atoms with Crippen LogP contribution in [-0.4, -0.2) is 23.8 Å². The van der Waals surface area contributed by atoms with Gasteiger partial charge in [0.15, 0.2) is 5.78 Å². The number of nitrogens with zero attached hydrogens (tertiary/aromatic N) is 1. The first-order chi connectivity index (χ1) is 12.4. The molecule has 3 rings (SSSR count). The minimum absolute atomic E-state index is 0.0458. The molecule has 1 aliphatic rings. The molecule has 0 amide bonds. The van der Waals surface area contributed by atoms with Crippen molar-refractivity contribution in [1.82, 2.24) is 4.90 Å². The lowest BCUT2D eigenvalue weighted by Gasteiger charge is -2.16. The molecule has 2 aromatic rings. The van der Waals surface area contributed by atoms with Crippen molar-refractivity contribution < 1.29 is 4.79 Å². The predicted octanol–water partition coefficient (Wildman–Crippen LogP) is 6.35. The molecule has 0 aliphatic carbocycles. The minimum atomic E-state index is -1.48. The largest absolute Gasteiger partial charge is 0.365 e. The Morgan fingerprint density at radius 3 is 2.38 bits per heavy atom. The molecule has 0 aromatic heterocycles. The van der Waals surface area contributed by atoms with E-state index in [0.29, 0.717) is 16.4 Å². The molecule has 1 fully saturated rings. The monoisotopic (exact) mass is 425 g/mol. The maximum atomic E-state index is 12.7. The number of alkyl halides is 3. The third kappa shape index (κ3) is 4.58. The molecule has 0 N–H and O–H groups in total. The smallest absolute Gasteiger partial charge is 0.216 e. The lowest BCUT2D eigenvalue weighted by Crippen LogP contribution is -2.19. The van der Waals surface area contributed by atoms with E-state index in [1.807, 2.05) is 18.2 Å². The number of benzene rings is 2. The SMILES string of the molecule is CCN1CC(c2ccccc2)SC1=CC(=O)c1ccc(C(Cl)(Cl)Cl)cc1. The molecule has 0 spiro atoms. The Morgan fingerprint density at radius 1 is 1.15 bits per heavy atom. The van der Waals surface area contributed by atoms with Crippen molar-refractivity contribution in [2.75, 3.05) is 13.1 Å². The summed E-state index contributed by atoms with van der Waals surface area (Å²) >= 11 is 19.3. The van der Waals surface area contributed by atoms with Crippen LogP contribution in [0.4, 0.5) is 0 Å². The molecule has 136 valence electrons. The molecule has 2 aromatic carbocycles. The van der Waals surface area contributed by atoms with Crippen molar-refractivity contribution in [2.45, 2.75) is 16.0 Å². The maximum Gasteiger partial charge on any atom is 0.216 e. The molecular weight excluding hydrogens is 409 g/mol. The fraction of sp³-hybridized carbons (Fsp3) is 0.250. The Bertz CT molecular complexity index is 800. The fourth-order valence-corrected chi connectivity index (χ4v) is 4.56. The topological polar surface area (TPSA) is 20.3 Å². The first-order valence-electron chi connectivity index (χ1n) is 8.28. The first-order valence-corrected chi connectivity index (χ1v) is 10.3. The van der Waals surface area contributed by atoms with Gasteiger partial charge in [-0.15, -0.1) is 0 Å². The highest BCUT2D eigenvalue weighted by molar-refractivity contribution is 8.03. The average Bonchev–Trinajstić information content (AvgIpc) is 3.04. The van der Waals surface area contributed by atoms with Crippen LogP contribution in [0.25, 0.3) is 0 Å². The van der Waals surface area contributed by atoms with Crippen molar-refractivity contribution in [3.63, 3.8) is 0 Å². The van der Waals surface area contributed by atoms with Crippen molar-refractivity contribution >= 4 is 52.3 Å². The van der Waals surface area contributed by atoms with Gasteiger partial charge < -0.3 is 4.90 Å². The van der Waals surface area contributed by atoms with Crippen LogP contribution in [0, 0.1) is 0 Å². The van der Waals surface area contributed by atoms with Gasteiger partial charge in [0.25, 0.3) is 0 Å². The molecule has 2 nitrogen and oxygen atoms in total. The van der Waals surface area contributed by atoms with E-state index < -0.39 is 3.79 Å². The standard InChI is InChI=1S/C20H18Cl3NOS/c1-2-24-13-18(15-6-4-3-5-7-15)26-19(24)12-17(25)14-8-10-16(11-9-14)20(21,22)23/h3-12,18H,2,13H2,1H3. The number of carbonyl (C=O) groups excluding carboxylic acids is 1. The fourth-order valence-electron chi connectivity index (χ4n) is 2.82. The lowest BCUT2D eigenvalue weighted by molar-refractivity contribution is 0.104. The van der Waals surface area contributed by atoms with Gasteiger partial charge in [0.2, 0.25) is 3.79 Å². The number of halogens is 3. The van der Waals surface area contributed by atoms with E-state index in [1.54, 1.807) is 42.1 Å². The molecule has 1 saturated heterocycles. The summed E-state index contributed by atoms with van der Waals surface area (Å²) in [6.07, 6.45) is 1.71. The number of thioether (sulfide) groups is 1. The van der Waals surface area contributed by atoms with Gasteiger partial charge in [-0.25, -0.2) is 0 Å². The highest BCUT2D eigenvalue weighted by Gasteiger charge is 2.28. The van der Waals surface area contributed by atoms with Crippen molar-refractivity contribution in [1.29, 1.82) is 0 Å². The zero-order valence-corrected chi connectivity index (χ0v) is 17.2. The van der Waals surface area contributed by atoms with Crippen LogP contribution in [0.1, 0.15) is 33.7 Å². The van der Waals surface area contributed by atoms with Crippen LogP contribution in [0.3, 0.4) is 0 Å². The summed E-state index contributed by atoms with van der Waals surface area (Å²) in [5.41, 5.74) is 2.40. The second kappa shape index (κ2) is 8.26. The van der Waals surface area contributed by atoms with E-state index in [0.717, 1.165) is 18.1 Å². The van der Waals surface area contributed by atoms with Gasteiger partial charge in [-0.05, 0) is 12.5 Å². The molecule has 6 heteroatoms. The second-order valence-electron chi connectivity index (χ2n) is 5.98. The number of rotatable bonds is 4. The summed E-state index contributed by atoms with van der Waals surface area (Å²) < 4.78 is -1.48. The number of ketones is 1. The predicted molar refractivity (Wildman–Crippen MR) is 112 cm³/mol. The van der Waals surface area contributed by atoms with Gasteiger partial charge in [-0.3, -0.25) is 4.79 Å². The number of allylic oxidation sites excluding steroid dienone is 1. The van der Waals surface area contributed by atoms with Crippen molar-refractivity contribution in [2.24, 2.45) is 0 Å². The van der Waals surface area contributed by atoms with E-state index in [9.17, 15) is 4.79 Å². The van der Waals surface area contributed by atoms with Gasteiger partial charge in [-0.2, -0.15) is 0 Å². The first kappa shape index (κ1) is 19.6. The van der Waals surface area contributed by atoms with Crippen LogP contribution in [0.2, 0.25) is 0 Å². The molecular formula is C20H18Cl3NOS. The summed E-state index contributed by atoms with van der Waals surface area (Å²) in [6.45, 7) is 3.86. The Labute approximate surface area is 173 Å². The molecule has 1 unspecified atom stereocenters. The Morgan fingerprint density at radius 2 is 1.81 bits per heavy atom. The third-order valence-electron chi connectivity index (χ3n) is 4.27.